The maximum atomic E-state index is 13.7. The number of nitrogens with zero attached hydrogens (tertiary/aromatic N) is 4. The van der Waals surface area contributed by atoms with E-state index in [1.165, 1.54) is 16.7 Å². The summed E-state index contributed by atoms with van der Waals surface area (Å²) in [6, 6.07) is 0. The molecule has 4 atom stereocenters. The summed E-state index contributed by atoms with van der Waals surface area (Å²) >= 11 is 0. The van der Waals surface area contributed by atoms with Gasteiger partial charge >= 0.3 is 0 Å². The smallest absolute Gasteiger partial charge is 0.226 e. The molecule has 1 aromatic heterocycles. The molecule has 0 saturated carbocycles. The van der Waals surface area contributed by atoms with Gasteiger partial charge in [0.05, 0.1) is 12.2 Å². The predicted octanol–water partition coefficient (Wildman–Crippen LogP) is 5.85. The minimum Gasteiger partial charge on any atom is -0.371 e. The van der Waals surface area contributed by atoms with E-state index < -0.39 is 6.17 Å². The minimum absolute atomic E-state index is 0.00329. The van der Waals surface area contributed by atoms with Gasteiger partial charge in [-0.15, -0.1) is 0 Å². The highest BCUT2D eigenvalue weighted by Crippen LogP contribution is 2.35. The second-order valence-corrected chi connectivity index (χ2v) is 12.2. The quantitative estimate of drug-likeness (QED) is 0.417. The van der Waals surface area contributed by atoms with Gasteiger partial charge in [-0.25, -0.2) is 14.4 Å². The third kappa shape index (κ3) is 6.79. The largest absolute Gasteiger partial charge is 0.371 e. The van der Waals surface area contributed by atoms with Gasteiger partial charge in [-0.3, -0.25) is 4.79 Å². The zero-order chi connectivity index (χ0) is 27.4. The van der Waals surface area contributed by atoms with Crippen molar-refractivity contribution < 1.29 is 13.9 Å². The molecular formula is C32H45FN4O2. The fraction of sp³-hybridized carbons (Fsp3) is 0.656. The number of rotatable bonds is 8. The lowest BCUT2D eigenvalue weighted by atomic mass is 9.82. The zero-order valence-electron chi connectivity index (χ0n) is 23.9. The van der Waals surface area contributed by atoms with Crippen LogP contribution in [0, 0.1) is 17.8 Å². The standard InChI is InChI=1S/C32H45FN4O2/c1-4-24-19-34-31(35-20-24)36-16-11-25(12-17-36)22-39-32(3)14-9-27(10-15-32)26-5-7-28(8-6-26)30(38)37-18-13-29(21-37)23(2)33/h5,9-10,14,19-20,23,25,28-29H,4,6-8,11-13,15-18,21-22H2,1-3H3/t23-,28?,29?,32?/m0/s1. The lowest BCUT2D eigenvalue weighted by Gasteiger charge is -2.35. The first-order chi connectivity index (χ1) is 18.8. The number of carbonyl (C=O) groups excluding carboxylic acids is 1. The Hall–Kier alpha value is -2.54. The summed E-state index contributed by atoms with van der Waals surface area (Å²) in [4.78, 5) is 26.2. The van der Waals surface area contributed by atoms with Gasteiger partial charge in [-0.2, -0.15) is 0 Å². The number of amides is 1. The van der Waals surface area contributed by atoms with Gasteiger partial charge in [0.2, 0.25) is 11.9 Å². The molecule has 2 saturated heterocycles. The number of ether oxygens (including phenoxy) is 1. The van der Waals surface area contributed by atoms with Crippen molar-refractivity contribution >= 4 is 11.9 Å². The number of halogens is 1. The molecule has 6 nitrogen and oxygen atoms in total. The van der Waals surface area contributed by atoms with Crippen LogP contribution in [0.25, 0.3) is 0 Å². The van der Waals surface area contributed by atoms with Crippen LogP contribution in [0.1, 0.15) is 71.3 Å². The molecule has 0 bridgehead atoms. The molecule has 0 aromatic carbocycles. The predicted molar refractivity (Wildman–Crippen MR) is 153 cm³/mol. The normalized spacial score (nSPS) is 28.8. The van der Waals surface area contributed by atoms with E-state index in [-0.39, 0.29) is 23.3 Å². The van der Waals surface area contributed by atoms with Gasteiger partial charge in [0.15, 0.2) is 0 Å². The number of anilines is 1. The first-order valence-electron chi connectivity index (χ1n) is 15.0. The van der Waals surface area contributed by atoms with Crippen LogP contribution >= 0.6 is 0 Å². The van der Waals surface area contributed by atoms with Gasteiger partial charge in [-0.05, 0) is 87.8 Å². The van der Waals surface area contributed by atoms with Crippen LogP contribution in [0.5, 0.6) is 0 Å². The number of hydrogen-bond acceptors (Lipinski definition) is 5. The first kappa shape index (κ1) is 28.0. The highest BCUT2D eigenvalue weighted by molar-refractivity contribution is 5.79. The molecular weight excluding hydrogens is 491 g/mol. The van der Waals surface area contributed by atoms with Crippen molar-refractivity contribution in [2.24, 2.45) is 17.8 Å². The van der Waals surface area contributed by atoms with Crippen molar-refractivity contribution in [2.45, 2.75) is 83.9 Å². The molecule has 2 aliphatic heterocycles. The van der Waals surface area contributed by atoms with Crippen LogP contribution in [-0.4, -0.2) is 65.3 Å². The van der Waals surface area contributed by atoms with Gasteiger partial charge in [-0.1, -0.05) is 31.2 Å². The van der Waals surface area contributed by atoms with Crippen molar-refractivity contribution in [1.82, 2.24) is 14.9 Å². The third-order valence-electron chi connectivity index (χ3n) is 9.31. The summed E-state index contributed by atoms with van der Waals surface area (Å²) in [7, 11) is 0. The maximum absolute atomic E-state index is 13.7. The Bertz CT molecular complexity index is 1090. The Morgan fingerprint density at radius 3 is 2.51 bits per heavy atom. The Balaban J connectivity index is 1.05. The Morgan fingerprint density at radius 1 is 1.15 bits per heavy atom. The van der Waals surface area contributed by atoms with Crippen LogP contribution in [-0.2, 0) is 16.0 Å². The molecule has 3 unspecified atom stereocenters. The summed E-state index contributed by atoms with van der Waals surface area (Å²) in [6.45, 7) is 9.92. The Labute approximate surface area is 233 Å². The topological polar surface area (TPSA) is 58.6 Å². The summed E-state index contributed by atoms with van der Waals surface area (Å²) in [5.74, 6) is 1.66. The van der Waals surface area contributed by atoms with E-state index >= 15 is 0 Å². The molecule has 0 radical (unpaired) electrons. The van der Waals surface area contributed by atoms with Crippen LogP contribution in [0.2, 0.25) is 0 Å². The van der Waals surface area contributed by atoms with Gasteiger partial charge < -0.3 is 14.5 Å². The number of alkyl halides is 1. The van der Waals surface area contributed by atoms with Crippen molar-refractivity contribution in [3.8, 4) is 0 Å². The summed E-state index contributed by atoms with van der Waals surface area (Å²) in [5.41, 5.74) is 3.52. The average molecular weight is 537 g/mol. The van der Waals surface area contributed by atoms with Crippen molar-refractivity contribution in [2.75, 3.05) is 37.7 Å². The molecule has 5 rings (SSSR count). The molecule has 0 N–H and O–H groups in total. The summed E-state index contributed by atoms with van der Waals surface area (Å²) < 4.78 is 20.1. The molecule has 39 heavy (non-hydrogen) atoms. The number of hydrogen-bond donors (Lipinski definition) is 0. The number of aromatic nitrogens is 2. The lowest BCUT2D eigenvalue weighted by molar-refractivity contribution is -0.134. The Kier molecular flexibility index (Phi) is 8.85. The van der Waals surface area contributed by atoms with Gasteiger partial charge in [0.25, 0.3) is 0 Å². The molecule has 2 fully saturated rings. The van der Waals surface area contributed by atoms with Gasteiger partial charge in [0.1, 0.15) is 6.17 Å². The van der Waals surface area contributed by atoms with E-state index in [0.717, 1.165) is 77.0 Å². The highest BCUT2D eigenvalue weighted by Gasteiger charge is 2.34. The molecule has 3 heterocycles. The maximum Gasteiger partial charge on any atom is 0.226 e. The van der Waals surface area contributed by atoms with E-state index in [9.17, 15) is 9.18 Å². The molecule has 1 aromatic rings. The van der Waals surface area contributed by atoms with E-state index in [2.05, 4.69) is 53.0 Å². The number of piperidine rings is 1. The van der Waals surface area contributed by atoms with E-state index in [4.69, 9.17) is 4.74 Å². The third-order valence-corrected chi connectivity index (χ3v) is 9.31. The monoisotopic (exact) mass is 536 g/mol. The van der Waals surface area contributed by atoms with Crippen LogP contribution in [0.4, 0.5) is 10.3 Å². The average Bonchev–Trinajstić information content (AvgIpc) is 3.48. The second kappa shape index (κ2) is 12.3. The van der Waals surface area contributed by atoms with Gasteiger partial charge in [0, 0.05) is 50.4 Å². The second-order valence-electron chi connectivity index (χ2n) is 12.2. The van der Waals surface area contributed by atoms with Crippen LogP contribution < -0.4 is 4.90 Å². The fourth-order valence-electron chi connectivity index (χ4n) is 6.30. The highest BCUT2D eigenvalue weighted by atomic mass is 19.1. The SMILES string of the molecule is CCc1cnc(N2CCC(COC3(C)C=CC(C4=CCC(C(=O)N5CCC([C@H](C)F)C5)CC4)=CC3)CC2)nc1. The van der Waals surface area contributed by atoms with Crippen molar-refractivity contribution in [3.05, 3.63) is 53.4 Å². The molecule has 212 valence electrons. The fourth-order valence-corrected chi connectivity index (χ4v) is 6.30. The van der Waals surface area contributed by atoms with Crippen molar-refractivity contribution in [1.29, 1.82) is 0 Å². The lowest BCUT2D eigenvalue weighted by Crippen LogP contribution is -2.38. The zero-order valence-corrected chi connectivity index (χ0v) is 23.9. The summed E-state index contributed by atoms with van der Waals surface area (Å²) in [5, 5.41) is 0. The van der Waals surface area contributed by atoms with E-state index in [1.54, 1.807) is 6.92 Å². The van der Waals surface area contributed by atoms with E-state index in [1.807, 2.05) is 17.3 Å². The molecule has 2 aliphatic carbocycles. The van der Waals surface area contributed by atoms with Crippen LogP contribution in [0.15, 0.2) is 47.8 Å². The molecule has 4 aliphatic rings. The van der Waals surface area contributed by atoms with Crippen LogP contribution in [0.3, 0.4) is 0 Å². The number of likely N-dealkylation sites (tertiary alicyclic amines) is 1. The number of allylic oxidation sites excluding steroid dienone is 4. The molecule has 1 amide bonds. The molecule has 0 spiro atoms. The van der Waals surface area contributed by atoms with E-state index in [0.29, 0.717) is 19.0 Å². The first-order valence-corrected chi connectivity index (χ1v) is 15.0. The summed E-state index contributed by atoms with van der Waals surface area (Å²) in [6.07, 6.45) is 19.4. The minimum atomic E-state index is -0.836. The Morgan fingerprint density at radius 2 is 1.92 bits per heavy atom. The number of carbonyl (C=O) groups is 1. The van der Waals surface area contributed by atoms with Crippen molar-refractivity contribution in [3.63, 3.8) is 0 Å². The number of aryl methyl sites for hydroxylation is 1. The molecule has 7 heteroatoms.